The van der Waals surface area contributed by atoms with E-state index in [0.717, 1.165) is 5.56 Å². The summed E-state index contributed by atoms with van der Waals surface area (Å²) < 4.78 is 13.6. The minimum absolute atomic E-state index is 0.0283. The number of aromatic nitrogens is 1. The molecule has 26 heavy (non-hydrogen) atoms. The van der Waals surface area contributed by atoms with E-state index < -0.39 is 11.7 Å². The van der Waals surface area contributed by atoms with Crippen molar-refractivity contribution < 1.29 is 14.0 Å². The van der Waals surface area contributed by atoms with Crippen LogP contribution < -0.4 is 10.6 Å². The highest BCUT2D eigenvalue weighted by Gasteiger charge is 2.13. The number of nitrogens with zero attached hydrogens (tertiary/aromatic N) is 1. The summed E-state index contributed by atoms with van der Waals surface area (Å²) in [6.45, 7) is 0.374. The lowest BCUT2D eigenvalue weighted by Gasteiger charge is -2.08. The molecule has 1 aromatic heterocycles. The lowest BCUT2D eigenvalue weighted by atomic mass is 10.2. The van der Waals surface area contributed by atoms with E-state index in [0.29, 0.717) is 12.1 Å². The van der Waals surface area contributed by atoms with E-state index in [-0.39, 0.29) is 17.3 Å². The Labute approximate surface area is 149 Å². The van der Waals surface area contributed by atoms with Gasteiger partial charge in [0.1, 0.15) is 11.5 Å². The summed E-state index contributed by atoms with van der Waals surface area (Å²) in [7, 11) is 0. The average Bonchev–Trinajstić information content (AvgIpc) is 2.69. The highest BCUT2D eigenvalue weighted by Crippen LogP contribution is 2.14. The number of benzene rings is 2. The number of hydrogen-bond acceptors (Lipinski definition) is 3. The zero-order valence-electron chi connectivity index (χ0n) is 13.8. The second-order valence-electron chi connectivity index (χ2n) is 5.53. The number of rotatable bonds is 5. The molecule has 0 aliphatic carbocycles. The Kier molecular flexibility index (Phi) is 5.34. The van der Waals surface area contributed by atoms with E-state index in [1.165, 1.54) is 36.5 Å². The molecule has 5 nitrogen and oxygen atoms in total. The van der Waals surface area contributed by atoms with Gasteiger partial charge in [-0.1, -0.05) is 42.5 Å². The highest BCUT2D eigenvalue weighted by molar-refractivity contribution is 6.04. The molecule has 1 heterocycles. The molecule has 0 atom stereocenters. The monoisotopic (exact) mass is 349 g/mol. The second kappa shape index (κ2) is 8.02. The quantitative estimate of drug-likeness (QED) is 0.742. The van der Waals surface area contributed by atoms with Gasteiger partial charge in [0, 0.05) is 18.3 Å². The molecule has 0 unspecified atom stereocenters. The van der Waals surface area contributed by atoms with Crippen LogP contribution in [0.2, 0.25) is 0 Å². The van der Waals surface area contributed by atoms with Crippen LogP contribution in [-0.2, 0) is 6.54 Å². The maximum Gasteiger partial charge on any atom is 0.274 e. The predicted octanol–water partition coefficient (Wildman–Crippen LogP) is 3.40. The summed E-state index contributed by atoms with van der Waals surface area (Å²) in [5, 5.41) is 5.22. The topological polar surface area (TPSA) is 71.1 Å². The molecule has 0 saturated heterocycles. The van der Waals surface area contributed by atoms with E-state index in [4.69, 9.17) is 0 Å². The van der Waals surface area contributed by atoms with Gasteiger partial charge in [-0.25, -0.2) is 4.39 Å². The van der Waals surface area contributed by atoms with Crippen molar-refractivity contribution in [1.29, 1.82) is 0 Å². The van der Waals surface area contributed by atoms with Crippen molar-refractivity contribution in [2.75, 3.05) is 5.32 Å². The van der Waals surface area contributed by atoms with Crippen molar-refractivity contribution in [2.45, 2.75) is 6.54 Å². The molecule has 2 amide bonds. The summed E-state index contributed by atoms with van der Waals surface area (Å²) in [4.78, 5) is 28.5. The predicted molar refractivity (Wildman–Crippen MR) is 96.2 cm³/mol. The van der Waals surface area contributed by atoms with Gasteiger partial charge in [-0.2, -0.15) is 0 Å². The Morgan fingerprint density at radius 1 is 0.923 bits per heavy atom. The summed E-state index contributed by atoms with van der Waals surface area (Å²) in [6.07, 6.45) is 1.37. The summed E-state index contributed by atoms with van der Waals surface area (Å²) in [5.41, 5.74) is 1.35. The van der Waals surface area contributed by atoms with Crippen LogP contribution in [-0.4, -0.2) is 16.8 Å². The Morgan fingerprint density at radius 3 is 2.42 bits per heavy atom. The van der Waals surface area contributed by atoms with Crippen molar-refractivity contribution in [1.82, 2.24) is 10.3 Å². The molecular formula is C20H16FN3O2. The fourth-order valence-electron chi connectivity index (χ4n) is 2.33. The van der Waals surface area contributed by atoms with Crippen LogP contribution in [0.25, 0.3) is 0 Å². The molecule has 0 radical (unpaired) electrons. The van der Waals surface area contributed by atoms with E-state index in [1.54, 1.807) is 6.07 Å². The molecule has 0 aliphatic heterocycles. The van der Waals surface area contributed by atoms with Gasteiger partial charge in [0.05, 0.1) is 5.69 Å². The highest BCUT2D eigenvalue weighted by atomic mass is 19.1. The minimum Gasteiger partial charge on any atom is -0.348 e. The van der Waals surface area contributed by atoms with Gasteiger partial charge in [0.15, 0.2) is 0 Å². The van der Waals surface area contributed by atoms with E-state index in [9.17, 15) is 14.0 Å². The fraction of sp³-hybridized carbons (Fsp3) is 0.0500. The standard InChI is InChI=1S/C20H16FN3O2/c21-16-8-4-5-9-17(16)24-20(26)18-12-15(10-11-22-18)19(25)23-13-14-6-2-1-3-7-14/h1-12H,13H2,(H,23,25)(H,24,26). The third kappa shape index (κ3) is 4.30. The maximum atomic E-state index is 13.6. The molecule has 3 aromatic rings. The molecular weight excluding hydrogens is 333 g/mol. The van der Waals surface area contributed by atoms with Gasteiger partial charge in [-0.05, 0) is 29.8 Å². The Hall–Kier alpha value is -3.54. The molecule has 2 N–H and O–H groups in total. The third-order valence-corrected chi connectivity index (χ3v) is 3.67. The first-order chi connectivity index (χ1) is 12.6. The average molecular weight is 349 g/mol. The van der Waals surface area contributed by atoms with Crippen molar-refractivity contribution >= 4 is 17.5 Å². The number of nitrogens with one attached hydrogen (secondary N) is 2. The van der Waals surface area contributed by atoms with Crippen molar-refractivity contribution in [2.24, 2.45) is 0 Å². The molecule has 0 aliphatic rings. The molecule has 0 fully saturated rings. The van der Waals surface area contributed by atoms with Gasteiger partial charge < -0.3 is 10.6 Å². The number of pyridine rings is 1. The van der Waals surface area contributed by atoms with Gasteiger partial charge in [0.2, 0.25) is 0 Å². The molecule has 6 heteroatoms. The summed E-state index contributed by atoms with van der Waals surface area (Å²) in [5.74, 6) is -1.46. The van der Waals surface area contributed by atoms with Crippen LogP contribution in [0.4, 0.5) is 10.1 Å². The number of halogens is 1. The zero-order valence-corrected chi connectivity index (χ0v) is 13.8. The normalized spacial score (nSPS) is 10.2. The lowest BCUT2D eigenvalue weighted by Crippen LogP contribution is -2.23. The Morgan fingerprint density at radius 2 is 1.65 bits per heavy atom. The Balaban J connectivity index is 1.68. The molecule has 3 rings (SSSR count). The van der Waals surface area contributed by atoms with Crippen LogP contribution >= 0.6 is 0 Å². The zero-order chi connectivity index (χ0) is 18.4. The smallest absolute Gasteiger partial charge is 0.274 e. The number of para-hydroxylation sites is 1. The van der Waals surface area contributed by atoms with Gasteiger partial charge >= 0.3 is 0 Å². The molecule has 0 saturated carbocycles. The van der Waals surface area contributed by atoms with Crippen LogP contribution in [0.15, 0.2) is 72.9 Å². The lowest BCUT2D eigenvalue weighted by molar-refractivity contribution is 0.0951. The third-order valence-electron chi connectivity index (χ3n) is 3.67. The summed E-state index contributed by atoms with van der Waals surface area (Å²) >= 11 is 0. The minimum atomic E-state index is -0.590. The van der Waals surface area contributed by atoms with Crippen molar-refractivity contribution in [3.05, 3.63) is 95.6 Å². The van der Waals surface area contributed by atoms with E-state index in [1.807, 2.05) is 30.3 Å². The van der Waals surface area contributed by atoms with Crippen LogP contribution in [0.3, 0.4) is 0 Å². The second-order valence-corrected chi connectivity index (χ2v) is 5.53. The van der Waals surface area contributed by atoms with Crippen LogP contribution in [0.1, 0.15) is 26.4 Å². The van der Waals surface area contributed by atoms with Crippen LogP contribution in [0, 0.1) is 5.82 Å². The number of carbonyl (C=O) groups is 2. The van der Waals surface area contributed by atoms with Gasteiger partial charge in [-0.3, -0.25) is 14.6 Å². The van der Waals surface area contributed by atoms with Crippen LogP contribution in [0.5, 0.6) is 0 Å². The first kappa shape index (κ1) is 17.3. The molecule has 2 aromatic carbocycles. The number of carbonyl (C=O) groups excluding carboxylic acids is 2. The first-order valence-corrected chi connectivity index (χ1v) is 7.97. The van der Waals surface area contributed by atoms with Gasteiger partial charge in [-0.15, -0.1) is 0 Å². The molecule has 0 spiro atoms. The largest absolute Gasteiger partial charge is 0.348 e. The van der Waals surface area contributed by atoms with Crippen molar-refractivity contribution in [3.63, 3.8) is 0 Å². The molecule has 0 bridgehead atoms. The SMILES string of the molecule is O=C(NCc1ccccc1)c1ccnc(C(=O)Nc2ccccc2F)c1. The fourth-order valence-corrected chi connectivity index (χ4v) is 2.33. The van der Waals surface area contributed by atoms with E-state index >= 15 is 0 Å². The number of anilines is 1. The van der Waals surface area contributed by atoms with Gasteiger partial charge in [0.25, 0.3) is 11.8 Å². The van der Waals surface area contributed by atoms with Crippen molar-refractivity contribution in [3.8, 4) is 0 Å². The number of amides is 2. The molecule has 130 valence electrons. The van der Waals surface area contributed by atoms with E-state index in [2.05, 4.69) is 15.6 Å². The summed E-state index contributed by atoms with van der Waals surface area (Å²) in [6, 6.07) is 18.2. The first-order valence-electron chi connectivity index (χ1n) is 7.97. The number of hydrogen-bond donors (Lipinski definition) is 2. The Bertz CT molecular complexity index is 929. The maximum absolute atomic E-state index is 13.6.